The molecular weight excluding hydrogens is 475 g/mol. The zero-order chi connectivity index (χ0) is 26.0. The molecule has 0 radical (unpaired) electrons. The number of halogens is 3. The first-order valence-electron chi connectivity index (χ1n) is 11.8. The highest BCUT2D eigenvalue weighted by Gasteiger charge is 2.35. The summed E-state index contributed by atoms with van der Waals surface area (Å²) >= 11 is 0. The number of ether oxygens (including phenoxy) is 3. The van der Waals surface area contributed by atoms with E-state index in [9.17, 15) is 8.78 Å². The Hall–Kier alpha value is -3.11. The lowest BCUT2D eigenvalue weighted by atomic mass is 10.00. The molecule has 0 spiro atoms. The van der Waals surface area contributed by atoms with Crippen LogP contribution in [0.3, 0.4) is 0 Å². The summed E-state index contributed by atoms with van der Waals surface area (Å²) in [6.45, 7) is 4.13. The largest absolute Gasteiger partial charge is 0.493 e. The van der Waals surface area contributed by atoms with E-state index in [4.69, 9.17) is 19.3 Å². The van der Waals surface area contributed by atoms with Crippen molar-refractivity contribution in [1.82, 2.24) is 9.97 Å². The zero-order valence-electron chi connectivity index (χ0n) is 20.6. The molecule has 1 heterocycles. The van der Waals surface area contributed by atoms with E-state index < -0.39 is 30.0 Å². The molecule has 1 aliphatic carbocycles. The third kappa shape index (κ3) is 5.65. The number of methoxy groups -OCH3 is 1. The Morgan fingerprint density at radius 3 is 2.58 bits per heavy atom. The van der Waals surface area contributed by atoms with Gasteiger partial charge in [0, 0.05) is 17.0 Å². The van der Waals surface area contributed by atoms with Gasteiger partial charge in [-0.2, -0.15) is 8.78 Å². The molecule has 4 rings (SSSR count). The maximum Gasteiger partial charge on any atom is 0.298 e. The van der Waals surface area contributed by atoms with E-state index in [1.807, 2.05) is 6.92 Å². The number of fused-ring (bicyclic) bond motifs is 1. The van der Waals surface area contributed by atoms with Gasteiger partial charge in [0.15, 0.2) is 11.5 Å². The molecule has 2 atom stereocenters. The second kappa shape index (κ2) is 10.5. The van der Waals surface area contributed by atoms with Crippen LogP contribution in [-0.2, 0) is 10.7 Å². The number of rotatable bonds is 11. The van der Waals surface area contributed by atoms with E-state index >= 15 is 4.39 Å². The van der Waals surface area contributed by atoms with Crippen molar-refractivity contribution in [2.24, 2.45) is 0 Å². The summed E-state index contributed by atoms with van der Waals surface area (Å²) in [4.78, 5) is 8.94. The standard InChI is InChI=1S/C26H30F3N3O4/c1-14(36-17-8-9-17)12-35-23-10-19-21(11-22(23)34-4)31-16(3)32-25(19)30-15(2)18-6-5-7-20(24(18)27)26(28,29)13-33/h5-7,10-11,14-15,17,33H,8-9,12-13H2,1-4H3,(H,30,31,32)/t14-,15+/m0/s1. The van der Waals surface area contributed by atoms with Crippen molar-refractivity contribution in [2.45, 2.75) is 57.8 Å². The normalized spacial score (nSPS) is 15.6. The molecule has 0 aliphatic heterocycles. The fourth-order valence-electron chi connectivity index (χ4n) is 3.95. The Balaban J connectivity index is 1.65. The summed E-state index contributed by atoms with van der Waals surface area (Å²) < 4.78 is 60.4. The number of aromatic nitrogens is 2. The first-order valence-corrected chi connectivity index (χ1v) is 11.8. The molecule has 7 nitrogen and oxygen atoms in total. The smallest absolute Gasteiger partial charge is 0.298 e. The minimum atomic E-state index is -3.69. The van der Waals surface area contributed by atoms with Gasteiger partial charge in [-0.25, -0.2) is 14.4 Å². The lowest BCUT2D eigenvalue weighted by Gasteiger charge is -2.21. The monoisotopic (exact) mass is 505 g/mol. The quantitative estimate of drug-likeness (QED) is 0.366. The highest BCUT2D eigenvalue weighted by molar-refractivity contribution is 5.92. The average molecular weight is 506 g/mol. The number of hydrogen-bond acceptors (Lipinski definition) is 7. The van der Waals surface area contributed by atoms with Crippen LogP contribution in [0.4, 0.5) is 19.0 Å². The van der Waals surface area contributed by atoms with Gasteiger partial charge in [-0.3, -0.25) is 0 Å². The molecule has 0 unspecified atom stereocenters. The molecule has 2 N–H and O–H groups in total. The van der Waals surface area contributed by atoms with E-state index in [0.717, 1.165) is 18.9 Å². The number of benzene rings is 2. The highest BCUT2D eigenvalue weighted by atomic mass is 19.3. The maximum atomic E-state index is 15.0. The molecule has 3 aromatic rings. The number of alkyl halides is 2. The second-order valence-corrected chi connectivity index (χ2v) is 9.03. The summed E-state index contributed by atoms with van der Waals surface area (Å²) in [6.07, 6.45) is 2.33. The lowest BCUT2D eigenvalue weighted by molar-refractivity contribution is -0.0583. The topological polar surface area (TPSA) is 85.7 Å². The molecule has 194 valence electrons. The molecule has 36 heavy (non-hydrogen) atoms. The molecule has 0 bridgehead atoms. The number of nitrogens with zero attached hydrogens (tertiary/aromatic N) is 2. The molecule has 1 fully saturated rings. The summed E-state index contributed by atoms with van der Waals surface area (Å²) in [5.41, 5.74) is -0.270. The van der Waals surface area contributed by atoms with Crippen LogP contribution in [0.5, 0.6) is 11.5 Å². The van der Waals surface area contributed by atoms with Gasteiger partial charge in [-0.1, -0.05) is 12.1 Å². The molecule has 2 aromatic carbocycles. The van der Waals surface area contributed by atoms with Gasteiger partial charge in [0.2, 0.25) is 0 Å². The van der Waals surface area contributed by atoms with Gasteiger partial charge in [-0.05, 0) is 45.7 Å². The van der Waals surface area contributed by atoms with Crippen molar-refractivity contribution in [1.29, 1.82) is 0 Å². The van der Waals surface area contributed by atoms with Crippen LogP contribution in [0.2, 0.25) is 0 Å². The van der Waals surface area contributed by atoms with Crippen molar-refractivity contribution in [3.05, 3.63) is 53.1 Å². The van der Waals surface area contributed by atoms with Crippen LogP contribution in [0.25, 0.3) is 10.9 Å². The summed E-state index contributed by atoms with van der Waals surface area (Å²) in [5.74, 6) is -2.97. The number of nitrogens with one attached hydrogen (secondary N) is 1. The SMILES string of the molecule is COc1cc2nc(C)nc(N[C@H](C)c3cccc(C(F)(F)CO)c3F)c2cc1OC[C@H](C)OC1CC1. The van der Waals surface area contributed by atoms with E-state index in [0.29, 0.717) is 46.8 Å². The zero-order valence-corrected chi connectivity index (χ0v) is 20.6. The fraction of sp³-hybridized carbons (Fsp3) is 0.462. The third-order valence-electron chi connectivity index (χ3n) is 5.96. The minimum absolute atomic E-state index is 0.0149. The number of aliphatic hydroxyl groups excluding tert-OH is 1. The Morgan fingerprint density at radius 1 is 1.17 bits per heavy atom. The van der Waals surface area contributed by atoms with Crippen LogP contribution < -0.4 is 14.8 Å². The van der Waals surface area contributed by atoms with Crippen LogP contribution >= 0.6 is 0 Å². The van der Waals surface area contributed by atoms with Crippen molar-refractivity contribution in [3.63, 3.8) is 0 Å². The van der Waals surface area contributed by atoms with Gasteiger partial charge < -0.3 is 24.6 Å². The molecule has 10 heteroatoms. The van der Waals surface area contributed by atoms with Crippen LogP contribution in [0.15, 0.2) is 30.3 Å². The van der Waals surface area contributed by atoms with E-state index in [2.05, 4.69) is 15.3 Å². The van der Waals surface area contributed by atoms with Gasteiger partial charge >= 0.3 is 0 Å². The fourth-order valence-corrected chi connectivity index (χ4v) is 3.95. The minimum Gasteiger partial charge on any atom is -0.493 e. The Labute approximate surface area is 207 Å². The molecule has 1 saturated carbocycles. The number of hydrogen-bond donors (Lipinski definition) is 2. The van der Waals surface area contributed by atoms with Crippen molar-refractivity contribution in [2.75, 3.05) is 25.6 Å². The Bertz CT molecular complexity index is 1240. The van der Waals surface area contributed by atoms with Crippen molar-refractivity contribution >= 4 is 16.7 Å². The lowest BCUT2D eigenvalue weighted by Crippen LogP contribution is -2.22. The van der Waals surface area contributed by atoms with Crippen LogP contribution in [-0.4, -0.2) is 47.6 Å². The predicted molar refractivity (Wildman–Crippen MR) is 129 cm³/mol. The molecular formula is C26H30F3N3O4. The average Bonchev–Trinajstić information content (AvgIpc) is 3.66. The third-order valence-corrected chi connectivity index (χ3v) is 5.96. The molecule has 1 aromatic heterocycles. The van der Waals surface area contributed by atoms with Crippen LogP contribution in [0.1, 0.15) is 49.7 Å². The number of aryl methyl sites for hydroxylation is 1. The van der Waals surface area contributed by atoms with Gasteiger partial charge in [-0.15, -0.1) is 0 Å². The molecule has 0 amide bonds. The number of anilines is 1. The van der Waals surface area contributed by atoms with Gasteiger partial charge in [0.05, 0.1) is 36.4 Å². The number of aliphatic hydroxyl groups is 1. The molecule has 0 saturated heterocycles. The van der Waals surface area contributed by atoms with Crippen LogP contribution in [0, 0.1) is 12.7 Å². The van der Waals surface area contributed by atoms with Gasteiger partial charge in [0.1, 0.15) is 30.7 Å². The Kier molecular flexibility index (Phi) is 7.56. The molecule has 1 aliphatic rings. The first kappa shape index (κ1) is 26.0. The van der Waals surface area contributed by atoms with E-state index in [1.54, 1.807) is 26.0 Å². The van der Waals surface area contributed by atoms with Gasteiger partial charge in [0.25, 0.3) is 5.92 Å². The second-order valence-electron chi connectivity index (χ2n) is 9.03. The Morgan fingerprint density at radius 2 is 1.92 bits per heavy atom. The highest BCUT2D eigenvalue weighted by Crippen LogP contribution is 2.37. The van der Waals surface area contributed by atoms with Crippen molar-refractivity contribution in [3.8, 4) is 11.5 Å². The summed E-state index contributed by atoms with van der Waals surface area (Å²) in [5, 5.41) is 12.7. The summed E-state index contributed by atoms with van der Waals surface area (Å²) in [6, 6.07) is 6.45. The summed E-state index contributed by atoms with van der Waals surface area (Å²) in [7, 11) is 1.53. The van der Waals surface area contributed by atoms with E-state index in [-0.39, 0.29) is 11.7 Å². The predicted octanol–water partition coefficient (Wildman–Crippen LogP) is 5.29. The van der Waals surface area contributed by atoms with Crippen molar-refractivity contribution < 1.29 is 32.5 Å². The van der Waals surface area contributed by atoms with E-state index in [1.165, 1.54) is 19.2 Å². The maximum absolute atomic E-state index is 15.0. The first-order chi connectivity index (χ1) is 17.1.